The summed E-state index contributed by atoms with van der Waals surface area (Å²) in [6, 6.07) is 0. The zero-order chi connectivity index (χ0) is 5.28. The van der Waals surface area contributed by atoms with E-state index in [-0.39, 0.29) is 5.17 Å². The predicted molar refractivity (Wildman–Crippen MR) is 30.3 cm³/mol. The number of hydrogen-bond acceptors (Lipinski definition) is 3. The monoisotopic (exact) mass is 117 g/mol. The SMILES string of the molecule is N=C1SCCN1[O-]. The summed E-state index contributed by atoms with van der Waals surface area (Å²) < 4.78 is 0. The summed E-state index contributed by atoms with van der Waals surface area (Å²) in [7, 11) is 0. The number of nitrogens with zero attached hydrogens (tertiary/aromatic N) is 1. The highest BCUT2D eigenvalue weighted by Gasteiger charge is 2.06. The smallest absolute Gasteiger partial charge is 0.145 e. The molecule has 1 rings (SSSR count). The summed E-state index contributed by atoms with van der Waals surface area (Å²) in [6.07, 6.45) is 0. The van der Waals surface area contributed by atoms with E-state index in [1.807, 2.05) is 0 Å². The lowest BCUT2D eigenvalue weighted by molar-refractivity contribution is 0.621. The van der Waals surface area contributed by atoms with E-state index in [0.717, 1.165) is 5.75 Å². The molecule has 1 saturated heterocycles. The minimum Gasteiger partial charge on any atom is -0.757 e. The molecule has 0 amide bonds. The minimum absolute atomic E-state index is 0.153. The van der Waals surface area contributed by atoms with Gasteiger partial charge in [-0.25, -0.2) is 0 Å². The van der Waals surface area contributed by atoms with Crippen LogP contribution in [0.4, 0.5) is 0 Å². The van der Waals surface area contributed by atoms with Gasteiger partial charge >= 0.3 is 0 Å². The second-order valence-electron chi connectivity index (χ2n) is 1.26. The Morgan fingerprint density at radius 3 is 2.71 bits per heavy atom. The van der Waals surface area contributed by atoms with Crippen LogP contribution in [-0.4, -0.2) is 22.5 Å². The van der Waals surface area contributed by atoms with Crippen molar-refractivity contribution in [3.05, 3.63) is 5.21 Å². The van der Waals surface area contributed by atoms with Crippen LogP contribution in [0.15, 0.2) is 0 Å². The second kappa shape index (κ2) is 1.71. The van der Waals surface area contributed by atoms with Gasteiger partial charge in [0.1, 0.15) is 5.17 Å². The van der Waals surface area contributed by atoms with E-state index in [2.05, 4.69) is 0 Å². The number of nitrogens with one attached hydrogen (secondary N) is 1. The molecule has 1 N–H and O–H groups in total. The fourth-order valence-corrected chi connectivity index (χ4v) is 1.08. The van der Waals surface area contributed by atoms with Crippen molar-refractivity contribution < 1.29 is 0 Å². The van der Waals surface area contributed by atoms with E-state index in [9.17, 15) is 5.21 Å². The van der Waals surface area contributed by atoms with E-state index in [1.165, 1.54) is 11.8 Å². The Bertz CT molecular complexity index is 94.9. The van der Waals surface area contributed by atoms with Gasteiger partial charge in [0.2, 0.25) is 0 Å². The average Bonchev–Trinajstić information content (AvgIpc) is 1.91. The summed E-state index contributed by atoms with van der Waals surface area (Å²) >= 11 is 1.30. The molecule has 0 atom stereocenters. The molecule has 0 aromatic heterocycles. The van der Waals surface area contributed by atoms with Crippen molar-refractivity contribution in [3.63, 3.8) is 0 Å². The summed E-state index contributed by atoms with van der Waals surface area (Å²) in [4.78, 5) is 0. The van der Waals surface area contributed by atoms with Gasteiger partial charge in [-0.15, -0.1) is 0 Å². The van der Waals surface area contributed by atoms with Crippen molar-refractivity contribution in [2.24, 2.45) is 0 Å². The first-order valence-electron chi connectivity index (χ1n) is 1.97. The van der Waals surface area contributed by atoms with Crippen molar-refractivity contribution in [2.45, 2.75) is 0 Å². The fraction of sp³-hybridized carbons (Fsp3) is 0.667. The van der Waals surface area contributed by atoms with Crippen LogP contribution < -0.4 is 0 Å². The van der Waals surface area contributed by atoms with Crippen molar-refractivity contribution >= 4 is 16.9 Å². The molecule has 4 heteroatoms. The molecule has 0 spiro atoms. The Hall–Kier alpha value is -0.220. The zero-order valence-corrected chi connectivity index (χ0v) is 4.49. The molecule has 0 aromatic rings. The highest BCUT2D eigenvalue weighted by Crippen LogP contribution is 2.13. The topological polar surface area (TPSA) is 50.2 Å². The van der Waals surface area contributed by atoms with E-state index < -0.39 is 0 Å². The molecule has 40 valence electrons. The van der Waals surface area contributed by atoms with Crippen LogP contribution in [0, 0.1) is 10.6 Å². The van der Waals surface area contributed by atoms with Gasteiger partial charge in [-0.3, -0.25) is 5.41 Å². The Morgan fingerprint density at radius 1 is 1.86 bits per heavy atom. The van der Waals surface area contributed by atoms with Gasteiger partial charge in [0.15, 0.2) is 0 Å². The van der Waals surface area contributed by atoms with E-state index >= 15 is 0 Å². The molecule has 1 aliphatic rings. The maximum absolute atomic E-state index is 10.2. The predicted octanol–water partition coefficient (Wildman–Crippen LogP) is 0.468. The Balaban J connectivity index is 2.48. The third kappa shape index (κ3) is 0.863. The number of thioether (sulfide) groups is 1. The third-order valence-corrected chi connectivity index (χ3v) is 1.62. The molecule has 3 nitrogen and oxygen atoms in total. The van der Waals surface area contributed by atoms with Crippen LogP contribution in [0.2, 0.25) is 0 Å². The van der Waals surface area contributed by atoms with Crippen LogP contribution >= 0.6 is 11.8 Å². The van der Waals surface area contributed by atoms with Crippen LogP contribution in [0.25, 0.3) is 0 Å². The normalized spacial score (nSPS) is 21.3. The van der Waals surface area contributed by atoms with Crippen molar-refractivity contribution in [1.29, 1.82) is 5.41 Å². The first kappa shape index (κ1) is 4.93. The Kier molecular flexibility index (Phi) is 1.21. The Labute approximate surface area is 45.8 Å². The van der Waals surface area contributed by atoms with Crippen molar-refractivity contribution in [2.75, 3.05) is 12.3 Å². The lowest BCUT2D eigenvalue weighted by atomic mass is 10.7. The number of rotatable bonds is 0. The van der Waals surface area contributed by atoms with Gasteiger partial charge in [0, 0.05) is 12.3 Å². The van der Waals surface area contributed by atoms with E-state index in [0.29, 0.717) is 11.6 Å². The lowest BCUT2D eigenvalue weighted by Gasteiger charge is -2.20. The van der Waals surface area contributed by atoms with Crippen LogP contribution in [0.1, 0.15) is 0 Å². The quantitative estimate of drug-likeness (QED) is 0.501. The first-order valence-corrected chi connectivity index (χ1v) is 2.95. The molecule has 0 bridgehead atoms. The highest BCUT2D eigenvalue weighted by molar-refractivity contribution is 8.14. The maximum atomic E-state index is 10.2. The molecular formula is C3H5N2OS-. The molecule has 0 aromatic carbocycles. The van der Waals surface area contributed by atoms with Crippen molar-refractivity contribution in [1.82, 2.24) is 5.06 Å². The third-order valence-electron chi connectivity index (χ3n) is 0.760. The average molecular weight is 117 g/mol. The molecule has 0 radical (unpaired) electrons. The highest BCUT2D eigenvalue weighted by atomic mass is 32.2. The minimum atomic E-state index is 0.153. The summed E-state index contributed by atoms with van der Waals surface area (Å²) in [5, 5.41) is 17.9. The molecule has 1 fully saturated rings. The second-order valence-corrected chi connectivity index (χ2v) is 2.34. The van der Waals surface area contributed by atoms with E-state index in [4.69, 9.17) is 5.41 Å². The maximum Gasteiger partial charge on any atom is 0.145 e. The van der Waals surface area contributed by atoms with Gasteiger partial charge in [-0.2, -0.15) is 0 Å². The molecule has 1 aliphatic heterocycles. The van der Waals surface area contributed by atoms with Crippen LogP contribution in [0.5, 0.6) is 0 Å². The number of amidine groups is 1. The molecule has 7 heavy (non-hydrogen) atoms. The standard InChI is InChI=1S/C3H5N2OS/c4-3-5(6)1-2-7-3/h4H,1-2H2/q-1. The zero-order valence-electron chi connectivity index (χ0n) is 3.68. The summed E-state index contributed by atoms with van der Waals surface area (Å²) in [5.74, 6) is 0.780. The van der Waals surface area contributed by atoms with Gasteiger partial charge in [-0.05, 0) is 0 Å². The van der Waals surface area contributed by atoms with Crippen molar-refractivity contribution in [3.8, 4) is 0 Å². The summed E-state index contributed by atoms with van der Waals surface area (Å²) in [5.41, 5.74) is 0. The molecule has 0 saturated carbocycles. The molecule has 1 heterocycles. The first-order chi connectivity index (χ1) is 3.30. The van der Waals surface area contributed by atoms with Crippen LogP contribution in [0.3, 0.4) is 0 Å². The molecule has 0 aliphatic carbocycles. The summed E-state index contributed by atoms with van der Waals surface area (Å²) in [6.45, 7) is 0.490. The molecular weight excluding hydrogens is 112 g/mol. The fourth-order valence-electron chi connectivity index (χ4n) is 0.399. The molecule has 0 unspecified atom stereocenters. The number of hydrogen-bond donors (Lipinski definition) is 1. The lowest BCUT2D eigenvalue weighted by Crippen LogP contribution is -2.14. The largest absolute Gasteiger partial charge is 0.757 e. The van der Waals surface area contributed by atoms with E-state index in [1.54, 1.807) is 0 Å². The van der Waals surface area contributed by atoms with Gasteiger partial charge in [-0.1, -0.05) is 11.8 Å². The van der Waals surface area contributed by atoms with Gasteiger partial charge in [0.05, 0.1) is 0 Å². The Morgan fingerprint density at radius 2 is 2.57 bits per heavy atom. The van der Waals surface area contributed by atoms with Crippen LogP contribution in [-0.2, 0) is 0 Å². The number of hydroxylamine groups is 2. The van der Waals surface area contributed by atoms with Gasteiger partial charge < -0.3 is 10.3 Å². The van der Waals surface area contributed by atoms with Gasteiger partial charge in [0.25, 0.3) is 0 Å².